The minimum Gasteiger partial charge on any atom is -0.447 e. The van der Waals surface area contributed by atoms with Crippen molar-refractivity contribution < 1.29 is 35.9 Å². The zero-order chi connectivity index (χ0) is 26.8. The summed E-state index contributed by atoms with van der Waals surface area (Å²) in [5, 5.41) is 2.17. The molecule has 2 aliphatic rings. The molecule has 1 fully saturated rings. The largest absolute Gasteiger partial charge is 0.447 e. The normalized spacial score (nSPS) is 18.8. The molecule has 0 saturated carbocycles. The van der Waals surface area contributed by atoms with E-state index in [1.54, 1.807) is 36.4 Å². The van der Waals surface area contributed by atoms with Crippen LogP contribution in [0.4, 0.5) is 9.59 Å². The van der Waals surface area contributed by atoms with Gasteiger partial charge in [0.25, 0.3) is 0 Å². The zero-order valence-electron chi connectivity index (χ0n) is 20.4. The van der Waals surface area contributed by atoms with E-state index >= 15 is 0 Å². The summed E-state index contributed by atoms with van der Waals surface area (Å²) in [7, 11) is -7.32. The van der Waals surface area contributed by atoms with E-state index in [0.29, 0.717) is 6.42 Å². The van der Waals surface area contributed by atoms with Gasteiger partial charge < -0.3 is 9.47 Å². The highest BCUT2D eigenvalue weighted by atomic mass is 32.2. The topological polar surface area (TPSA) is 127 Å². The fourth-order valence-corrected chi connectivity index (χ4v) is 6.31. The van der Waals surface area contributed by atoms with E-state index in [1.807, 2.05) is 13.8 Å². The molecular weight excluding hydrogens is 520 g/mol. The quantitative estimate of drug-likeness (QED) is 0.461. The first-order valence-electron chi connectivity index (χ1n) is 11.7. The summed E-state index contributed by atoms with van der Waals surface area (Å²) in [6.45, 7) is 2.89. The van der Waals surface area contributed by atoms with Crippen LogP contribution in [0.3, 0.4) is 0 Å². The lowest BCUT2D eigenvalue weighted by Crippen LogP contribution is -2.52. The van der Waals surface area contributed by atoms with Crippen LogP contribution in [0, 0.1) is 13.8 Å². The summed E-state index contributed by atoms with van der Waals surface area (Å²) in [5.74, 6) is -0.832. The summed E-state index contributed by atoms with van der Waals surface area (Å²) >= 11 is 0. The number of carbonyl (C=O) groups is 2. The number of rotatable bonds is 8. The molecule has 1 saturated heterocycles. The van der Waals surface area contributed by atoms with E-state index in [9.17, 15) is 26.4 Å². The lowest BCUT2D eigenvalue weighted by atomic mass is 10.2. The molecule has 0 aromatic heterocycles. The Morgan fingerprint density at radius 1 is 0.703 bits per heavy atom. The van der Waals surface area contributed by atoms with Crippen LogP contribution < -0.4 is 0 Å². The van der Waals surface area contributed by atoms with Gasteiger partial charge in [0, 0.05) is 0 Å². The molecule has 2 amide bonds. The predicted molar refractivity (Wildman–Crippen MR) is 134 cm³/mol. The van der Waals surface area contributed by atoms with Crippen molar-refractivity contribution in [3.63, 3.8) is 0 Å². The third-order valence-corrected chi connectivity index (χ3v) is 9.58. The Hall–Kier alpha value is -3.38. The Bertz CT molecular complexity index is 1290. The minimum atomic E-state index is -3.66. The average molecular weight is 549 g/mol. The van der Waals surface area contributed by atoms with Crippen molar-refractivity contribution in [2.75, 3.05) is 24.7 Å². The van der Waals surface area contributed by atoms with Crippen LogP contribution in [0.25, 0.3) is 0 Å². The number of carbonyl (C=O) groups excluding carboxylic acids is 2. The number of aryl methyl sites for hydroxylation is 2. The smallest absolute Gasteiger partial charge is 0.429 e. The second-order valence-electron chi connectivity index (χ2n) is 8.94. The van der Waals surface area contributed by atoms with Gasteiger partial charge in [-0.3, -0.25) is 0 Å². The Kier molecular flexibility index (Phi) is 7.60. The number of hydrogen-bond acceptors (Lipinski definition) is 8. The molecule has 0 radical (unpaired) electrons. The summed E-state index contributed by atoms with van der Waals surface area (Å²) in [6, 6.07) is 11.8. The molecule has 4 rings (SSSR count). The summed E-state index contributed by atoms with van der Waals surface area (Å²) < 4.78 is 60.4. The molecule has 10 nitrogen and oxygen atoms in total. The number of benzene rings is 2. The summed E-state index contributed by atoms with van der Waals surface area (Å²) in [5.41, 5.74) is 1.84. The van der Waals surface area contributed by atoms with Gasteiger partial charge in [-0.15, -0.1) is 0 Å². The first kappa shape index (κ1) is 26.7. The van der Waals surface area contributed by atoms with Crippen molar-refractivity contribution in [2.45, 2.75) is 42.1 Å². The van der Waals surface area contributed by atoms with Gasteiger partial charge in [0.1, 0.15) is 13.2 Å². The third-order valence-electron chi connectivity index (χ3n) is 6.19. The summed E-state index contributed by atoms with van der Waals surface area (Å²) in [4.78, 5) is 25.8. The van der Waals surface area contributed by atoms with Gasteiger partial charge in [-0.1, -0.05) is 47.5 Å². The zero-order valence-corrected chi connectivity index (χ0v) is 22.1. The van der Waals surface area contributed by atoms with Gasteiger partial charge in [-0.25, -0.2) is 36.4 Å². The minimum absolute atomic E-state index is 0.128. The number of hydrogen-bond donors (Lipinski definition) is 0. The van der Waals surface area contributed by atoms with E-state index in [4.69, 9.17) is 9.47 Å². The van der Waals surface area contributed by atoms with Crippen molar-refractivity contribution in [1.82, 2.24) is 10.0 Å². The molecule has 0 N–H and O–H groups in total. The maximum atomic E-state index is 12.8. The fourth-order valence-electron chi connectivity index (χ4n) is 4.13. The Labute approximate surface area is 216 Å². The van der Waals surface area contributed by atoms with E-state index in [2.05, 4.69) is 0 Å². The number of ether oxygens (including phenoxy) is 2. The Morgan fingerprint density at radius 3 is 1.41 bits per heavy atom. The number of sulfone groups is 2. The molecule has 1 heterocycles. The molecule has 198 valence electrons. The van der Waals surface area contributed by atoms with Crippen LogP contribution in [0.15, 0.2) is 70.5 Å². The standard InChI is InChI=1S/C25H28N2O8S2/c1-18-3-9-22(10-4-18)36(30,31)15-13-34-24(28)26-20-7-8-21(17-20)27(26)25(29)35-14-16-37(32,33)23-11-5-19(2)6-12-23/h3-12,20-21H,13-17H2,1-2H3/t20-,21+. The van der Waals surface area contributed by atoms with Crippen molar-refractivity contribution in [3.8, 4) is 0 Å². The van der Waals surface area contributed by atoms with Gasteiger partial charge in [0.15, 0.2) is 19.7 Å². The van der Waals surface area contributed by atoms with Crippen molar-refractivity contribution in [3.05, 3.63) is 71.8 Å². The first-order chi connectivity index (χ1) is 17.5. The molecule has 2 aromatic carbocycles. The van der Waals surface area contributed by atoms with Gasteiger partial charge in [0.05, 0.1) is 33.4 Å². The molecule has 37 heavy (non-hydrogen) atoms. The highest BCUT2D eigenvalue weighted by molar-refractivity contribution is 7.91. The molecule has 2 atom stereocenters. The van der Waals surface area contributed by atoms with Crippen molar-refractivity contribution in [2.24, 2.45) is 0 Å². The fraction of sp³-hybridized carbons (Fsp3) is 0.360. The maximum absolute atomic E-state index is 12.8. The van der Waals surface area contributed by atoms with E-state index in [0.717, 1.165) is 21.1 Å². The van der Waals surface area contributed by atoms with Gasteiger partial charge in [-0.05, 0) is 44.5 Å². The second-order valence-corrected chi connectivity index (χ2v) is 13.2. The van der Waals surface area contributed by atoms with Crippen LogP contribution in [0.5, 0.6) is 0 Å². The number of nitrogens with zero attached hydrogens (tertiary/aromatic N) is 2. The maximum Gasteiger partial charge on any atom is 0.429 e. The molecule has 0 unspecified atom stereocenters. The molecule has 0 spiro atoms. The van der Waals surface area contributed by atoms with Gasteiger partial charge >= 0.3 is 12.2 Å². The molecule has 1 aliphatic carbocycles. The highest BCUT2D eigenvalue weighted by Crippen LogP contribution is 2.33. The molecular formula is C25H28N2O8S2. The number of amides is 2. The predicted octanol–water partition coefficient (Wildman–Crippen LogP) is 3.05. The second kappa shape index (κ2) is 10.5. The average Bonchev–Trinajstić information content (AvgIpc) is 3.46. The lowest BCUT2D eigenvalue weighted by Gasteiger charge is -2.33. The van der Waals surface area contributed by atoms with Gasteiger partial charge in [0.2, 0.25) is 0 Å². The van der Waals surface area contributed by atoms with Crippen LogP contribution >= 0.6 is 0 Å². The lowest BCUT2D eigenvalue weighted by molar-refractivity contribution is -0.0127. The molecule has 2 bridgehead atoms. The van der Waals surface area contributed by atoms with Crippen LogP contribution in [0.1, 0.15) is 17.5 Å². The molecule has 12 heteroatoms. The van der Waals surface area contributed by atoms with Crippen LogP contribution in [-0.2, 0) is 29.1 Å². The Balaban J connectivity index is 1.33. The molecule has 1 aliphatic heterocycles. The Morgan fingerprint density at radius 2 is 1.05 bits per heavy atom. The van der Waals surface area contributed by atoms with Gasteiger partial charge in [-0.2, -0.15) is 0 Å². The molecule has 2 aromatic rings. The monoisotopic (exact) mass is 548 g/mol. The van der Waals surface area contributed by atoms with Crippen molar-refractivity contribution in [1.29, 1.82) is 0 Å². The van der Waals surface area contributed by atoms with E-state index in [-0.39, 0.29) is 9.79 Å². The summed E-state index contributed by atoms with van der Waals surface area (Å²) in [6.07, 6.45) is 2.16. The highest BCUT2D eigenvalue weighted by Gasteiger charge is 2.48. The number of fused-ring (bicyclic) bond motifs is 2. The third kappa shape index (κ3) is 5.96. The SMILES string of the molecule is Cc1ccc(S(=O)(=O)CCOC(=O)N2[C@@H]3C=C[C@@H](C3)N2C(=O)OCCS(=O)(=O)c2ccc(C)cc2)cc1. The first-order valence-corrected chi connectivity index (χ1v) is 15.0. The van der Waals surface area contributed by atoms with Crippen LogP contribution in [0.2, 0.25) is 0 Å². The number of hydrazine groups is 1. The van der Waals surface area contributed by atoms with E-state index < -0.39 is 68.7 Å². The van der Waals surface area contributed by atoms with Crippen molar-refractivity contribution >= 4 is 31.9 Å². The van der Waals surface area contributed by atoms with E-state index in [1.165, 1.54) is 24.3 Å². The van der Waals surface area contributed by atoms with Crippen LogP contribution in [-0.4, -0.2) is 75.8 Å².